The van der Waals surface area contributed by atoms with Gasteiger partial charge in [-0.05, 0) is 12.1 Å². The van der Waals surface area contributed by atoms with Gasteiger partial charge >= 0.3 is 0 Å². The second kappa shape index (κ2) is 5.44. The number of β-lactam (4-membered cyclic amide) rings is 1. The summed E-state index contributed by atoms with van der Waals surface area (Å²) in [6.07, 6.45) is 4.77. The number of benzene rings is 1. The van der Waals surface area contributed by atoms with Crippen LogP contribution in [0.3, 0.4) is 0 Å². The van der Waals surface area contributed by atoms with Crippen molar-refractivity contribution in [2.75, 3.05) is 6.54 Å². The third kappa shape index (κ3) is 2.31. The molecule has 1 aromatic heterocycles. The monoisotopic (exact) mass is 283 g/mol. The maximum Gasteiger partial charge on any atom is 0.267 e. The number of likely N-dealkylation sites (tertiary alicyclic amines) is 1. The van der Waals surface area contributed by atoms with Crippen molar-refractivity contribution < 1.29 is 9.53 Å². The Balaban J connectivity index is 1.86. The van der Waals surface area contributed by atoms with Gasteiger partial charge in [-0.15, -0.1) is 6.58 Å². The zero-order valence-electron chi connectivity index (χ0n) is 11.8. The van der Waals surface area contributed by atoms with E-state index in [4.69, 9.17) is 4.74 Å². The first-order valence-electron chi connectivity index (χ1n) is 6.82. The zero-order valence-corrected chi connectivity index (χ0v) is 11.8. The Morgan fingerprint density at radius 2 is 2.14 bits per heavy atom. The van der Waals surface area contributed by atoms with Crippen LogP contribution < -0.4 is 4.74 Å². The summed E-state index contributed by atoms with van der Waals surface area (Å²) in [5.74, 6) is 1.47. The predicted molar refractivity (Wildman–Crippen MR) is 78.7 cm³/mol. The largest absolute Gasteiger partial charge is 0.478 e. The van der Waals surface area contributed by atoms with Gasteiger partial charge in [-0.2, -0.15) is 0 Å². The van der Waals surface area contributed by atoms with Crippen LogP contribution in [0.15, 0.2) is 55.4 Å². The lowest BCUT2D eigenvalue weighted by atomic mass is 9.96. The van der Waals surface area contributed by atoms with Crippen molar-refractivity contribution in [2.45, 2.75) is 12.1 Å². The Morgan fingerprint density at radius 3 is 2.76 bits per heavy atom. The summed E-state index contributed by atoms with van der Waals surface area (Å²) in [4.78, 5) is 18.4. The van der Waals surface area contributed by atoms with Gasteiger partial charge in [0.15, 0.2) is 0 Å². The highest BCUT2D eigenvalue weighted by molar-refractivity contribution is 5.89. The molecule has 2 atom stereocenters. The molecule has 2 heterocycles. The molecule has 1 aliphatic rings. The number of nitrogens with zero attached hydrogens (tertiary/aromatic N) is 3. The summed E-state index contributed by atoms with van der Waals surface area (Å²) < 4.78 is 7.76. The van der Waals surface area contributed by atoms with E-state index in [0.717, 1.165) is 5.82 Å². The van der Waals surface area contributed by atoms with E-state index in [9.17, 15) is 4.79 Å². The maximum atomic E-state index is 12.3. The van der Waals surface area contributed by atoms with Crippen molar-refractivity contribution >= 4 is 5.91 Å². The fourth-order valence-corrected chi connectivity index (χ4v) is 2.56. The summed E-state index contributed by atoms with van der Waals surface area (Å²) in [5, 5.41) is 0. The number of amides is 1. The molecule has 1 fully saturated rings. The van der Waals surface area contributed by atoms with Crippen molar-refractivity contribution in [3.05, 3.63) is 61.2 Å². The number of para-hydroxylation sites is 1. The smallest absolute Gasteiger partial charge is 0.267 e. The van der Waals surface area contributed by atoms with E-state index in [1.54, 1.807) is 17.2 Å². The van der Waals surface area contributed by atoms with Crippen LogP contribution in [0.2, 0.25) is 0 Å². The predicted octanol–water partition coefficient (Wildman–Crippen LogP) is 1.94. The van der Waals surface area contributed by atoms with Gasteiger partial charge < -0.3 is 14.2 Å². The van der Waals surface area contributed by atoms with Gasteiger partial charge in [-0.25, -0.2) is 4.98 Å². The van der Waals surface area contributed by atoms with Crippen LogP contribution in [-0.2, 0) is 11.8 Å². The van der Waals surface area contributed by atoms with Crippen LogP contribution in [0.4, 0.5) is 0 Å². The molecule has 1 aromatic carbocycles. The molecule has 0 radical (unpaired) electrons. The third-order valence-corrected chi connectivity index (χ3v) is 3.60. The number of aromatic nitrogens is 2. The van der Waals surface area contributed by atoms with Crippen LogP contribution in [0.25, 0.3) is 0 Å². The Labute approximate surface area is 123 Å². The van der Waals surface area contributed by atoms with E-state index in [2.05, 4.69) is 11.6 Å². The molecule has 1 aliphatic heterocycles. The highest BCUT2D eigenvalue weighted by Gasteiger charge is 2.51. The summed E-state index contributed by atoms with van der Waals surface area (Å²) in [6, 6.07) is 9.19. The molecule has 0 saturated carbocycles. The summed E-state index contributed by atoms with van der Waals surface area (Å²) in [7, 11) is 1.91. The Hall–Kier alpha value is -2.56. The van der Waals surface area contributed by atoms with Crippen LogP contribution in [-0.4, -0.2) is 33.0 Å². The van der Waals surface area contributed by atoms with E-state index in [1.807, 2.05) is 48.1 Å². The molecule has 1 saturated heterocycles. The standard InChI is InChI=1S/C16H17N3O2/c1-3-10-19-13(15-17-9-11-18(15)2)14(16(19)20)21-12-7-5-4-6-8-12/h3-9,11,13-14H,1,10H2,2H3/t13?,14-/m0/s1. The van der Waals surface area contributed by atoms with Gasteiger partial charge in [0.1, 0.15) is 17.6 Å². The molecule has 1 amide bonds. The van der Waals surface area contributed by atoms with Crippen LogP contribution in [0, 0.1) is 0 Å². The molecule has 5 nitrogen and oxygen atoms in total. The second-order valence-corrected chi connectivity index (χ2v) is 4.97. The first kappa shape index (κ1) is 13.4. The highest BCUT2D eigenvalue weighted by atomic mass is 16.5. The van der Waals surface area contributed by atoms with Gasteiger partial charge in [0.05, 0.1) is 0 Å². The Kier molecular flexibility index (Phi) is 3.48. The molecule has 0 aliphatic carbocycles. The minimum Gasteiger partial charge on any atom is -0.478 e. The second-order valence-electron chi connectivity index (χ2n) is 4.97. The summed E-state index contributed by atoms with van der Waals surface area (Å²) in [6.45, 7) is 4.19. The molecule has 0 N–H and O–H groups in total. The molecular weight excluding hydrogens is 266 g/mol. The van der Waals surface area contributed by atoms with E-state index >= 15 is 0 Å². The van der Waals surface area contributed by atoms with Crippen molar-refractivity contribution in [2.24, 2.45) is 7.05 Å². The van der Waals surface area contributed by atoms with Crippen molar-refractivity contribution in [3.63, 3.8) is 0 Å². The average Bonchev–Trinajstić information content (AvgIpc) is 2.92. The molecule has 2 aromatic rings. The van der Waals surface area contributed by atoms with Gasteiger partial charge in [0.2, 0.25) is 6.10 Å². The number of hydrogen-bond acceptors (Lipinski definition) is 3. The fraction of sp³-hybridized carbons (Fsp3) is 0.250. The number of aryl methyl sites for hydroxylation is 1. The van der Waals surface area contributed by atoms with Gasteiger partial charge in [-0.3, -0.25) is 4.79 Å². The third-order valence-electron chi connectivity index (χ3n) is 3.60. The summed E-state index contributed by atoms with van der Waals surface area (Å²) >= 11 is 0. The van der Waals surface area contributed by atoms with Crippen LogP contribution in [0.1, 0.15) is 11.9 Å². The first-order chi connectivity index (χ1) is 10.2. The highest BCUT2D eigenvalue weighted by Crippen LogP contribution is 2.36. The van der Waals surface area contributed by atoms with Crippen molar-refractivity contribution in [1.82, 2.24) is 14.5 Å². The first-order valence-corrected chi connectivity index (χ1v) is 6.82. The number of carbonyl (C=O) groups is 1. The quantitative estimate of drug-likeness (QED) is 0.622. The van der Waals surface area contributed by atoms with E-state index in [1.165, 1.54) is 0 Å². The van der Waals surface area contributed by atoms with E-state index < -0.39 is 6.10 Å². The lowest BCUT2D eigenvalue weighted by molar-refractivity contribution is -0.163. The zero-order chi connectivity index (χ0) is 14.8. The number of carbonyl (C=O) groups excluding carboxylic acids is 1. The van der Waals surface area contributed by atoms with Crippen LogP contribution in [0.5, 0.6) is 5.75 Å². The normalized spacial score (nSPS) is 21.0. The molecule has 1 unspecified atom stereocenters. The molecule has 108 valence electrons. The van der Waals surface area contributed by atoms with Gasteiger partial charge in [0, 0.05) is 26.0 Å². The number of hydrogen-bond donors (Lipinski definition) is 0. The Morgan fingerprint density at radius 1 is 1.38 bits per heavy atom. The lowest BCUT2D eigenvalue weighted by Gasteiger charge is -2.45. The maximum absolute atomic E-state index is 12.3. The van der Waals surface area contributed by atoms with Crippen LogP contribution >= 0.6 is 0 Å². The molecule has 3 rings (SSSR count). The van der Waals surface area contributed by atoms with Gasteiger partial charge in [0.25, 0.3) is 5.91 Å². The van der Waals surface area contributed by atoms with Gasteiger partial charge in [-0.1, -0.05) is 24.3 Å². The number of rotatable bonds is 5. The lowest BCUT2D eigenvalue weighted by Crippen LogP contribution is -2.61. The number of ether oxygens (including phenoxy) is 1. The minimum atomic E-state index is -0.534. The number of imidazole rings is 1. The molecule has 0 spiro atoms. The van der Waals surface area contributed by atoms with E-state index in [-0.39, 0.29) is 11.9 Å². The average molecular weight is 283 g/mol. The van der Waals surface area contributed by atoms with E-state index in [0.29, 0.717) is 12.3 Å². The SMILES string of the molecule is C=CCN1C(=O)[C@@H](Oc2ccccc2)C1c1nccn1C. The summed E-state index contributed by atoms with van der Waals surface area (Å²) in [5.41, 5.74) is 0. The Bertz CT molecular complexity index is 651. The fourth-order valence-electron chi connectivity index (χ4n) is 2.56. The molecule has 5 heteroatoms. The molecule has 21 heavy (non-hydrogen) atoms. The molecule has 0 bridgehead atoms. The molecular formula is C16H17N3O2. The van der Waals surface area contributed by atoms with Crippen molar-refractivity contribution in [1.29, 1.82) is 0 Å². The van der Waals surface area contributed by atoms with Crippen molar-refractivity contribution in [3.8, 4) is 5.75 Å². The topological polar surface area (TPSA) is 47.4 Å². The minimum absolute atomic E-state index is 0.0354.